The second kappa shape index (κ2) is 8.38. The number of rotatable bonds is 3. The van der Waals surface area contributed by atoms with Crippen LogP contribution in [0.3, 0.4) is 0 Å². The van der Waals surface area contributed by atoms with Crippen LogP contribution in [0.1, 0.15) is 43.9 Å². The topological polar surface area (TPSA) is 66.0 Å². The molecule has 0 spiro atoms. The Balaban J connectivity index is 1.42. The number of guanidine groups is 1. The van der Waals surface area contributed by atoms with Crippen molar-refractivity contribution in [2.24, 2.45) is 4.99 Å². The highest BCUT2D eigenvalue weighted by molar-refractivity contribution is 5.98. The molecule has 2 aliphatic heterocycles. The molecular formula is C24H30N4O2. The lowest BCUT2D eigenvalue weighted by molar-refractivity contribution is -0.117. The summed E-state index contributed by atoms with van der Waals surface area (Å²) in [6.07, 6.45) is 2.82. The van der Waals surface area contributed by atoms with E-state index in [0.29, 0.717) is 5.96 Å². The molecule has 158 valence electrons. The van der Waals surface area contributed by atoms with E-state index in [1.54, 1.807) is 7.05 Å². The molecule has 0 fully saturated rings. The van der Waals surface area contributed by atoms with E-state index in [9.17, 15) is 4.79 Å². The standard InChI is InChI=1S/C24H30N4O2/c1-24(2)15-19(18-11-5-7-13-21(18)30-24)27-23(25-3)26-16-22(29)28-14-8-10-17-9-4-6-12-20(17)28/h4-7,9,11-13,19H,8,10,14-16H2,1-3H3,(H2,25,26,27). The number of carbonyl (C=O) groups excluding carboxylic acids is 1. The van der Waals surface area contributed by atoms with Gasteiger partial charge in [0.2, 0.25) is 5.91 Å². The quantitative estimate of drug-likeness (QED) is 0.605. The van der Waals surface area contributed by atoms with E-state index >= 15 is 0 Å². The molecule has 6 heteroatoms. The van der Waals surface area contributed by atoms with Crippen molar-refractivity contribution in [2.75, 3.05) is 25.0 Å². The summed E-state index contributed by atoms with van der Waals surface area (Å²) >= 11 is 0. The smallest absolute Gasteiger partial charge is 0.246 e. The average molecular weight is 407 g/mol. The number of hydrogen-bond acceptors (Lipinski definition) is 3. The summed E-state index contributed by atoms with van der Waals surface area (Å²) in [5.74, 6) is 1.56. The van der Waals surface area contributed by atoms with Crippen molar-refractivity contribution in [1.29, 1.82) is 0 Å². The zero-order valence-corrected chi connectivity index (χ0v) is 17.9. The number of nitrogens with zero attached hydrogens (tertiary/aromatic N) is 2. The summed E-state index contributed by atoms with van der Waals surface area (Å²) in [5.41, 5.74) is 3.09. The molecule has 1 amide bonds. The summed E-state index contributed by atoms with van der Waals surface area (Å²) in [6.45, 7) is 5.13. The van der Waals surface area contributed by atoms with Gasteiger partial charge in [-0.1, -0.05) is 36.4 Å². The second-order valence-electron chi connectivity index (χ2n) is 8.50. The molecule has 2 aromatic carbocycles. The highest BCUT2D eigenvalue weighted by Crippen LogP contribution is 2.39. The van der Waals surface area contributed by atoms with Crippen LogP contribution in [0.15, 0.2) is 53.5 Å². The SMILES string of the molecule is CN=C(NCC(=O)N1CCCc2ccccc21)NC1CC(C)(C)Oc2ccccc21. The van der Waals surface area contributed by atoms with Crippen LogP contribution in [0.2, 0.25) is 0 Å². The molecule has 1 atom stereocenters. The number of amides is 1. The number of fused-ring (bicyclic) bond motifs is 2. The van der Waals surface area contributed by atoms with Crippen LogP contribution in [-0.4, -0.2) is 37.6 Å². The van der Waals surface area contributed by atoms with Gasteiger partial charge in [-0.25, -0.2) is 0 Å². The lowest BCUT2D eigenvalue weighted by Gasteiger charge is -2.38. The zero-order valence-electron chi connectivity index (χ0n) is 17.9. The Hall–Kier alpha value is -3.02. The minimum absolute atomic E-state index is 0.0535. The van der Waals surface area contributed by atoms with Gasteiger partial charge in [-0.3, -0.25) is 9.79 Å². The first-order valence-corrected chi connectivity index (χ1v) is 10.6. The molecule has 0 bridgehead atoms. The predicted molar refractivity (Wildman–Crippen MR) is 120 cm³/mol. The van der Waals surface area contributed by atoms with Gasteiger partial charge in [-0.15, -0.1) is 0 Å². The highest BCUT2D eigenvalue weighted by Gasteiger charge is 2.34. The fourth-order valence-corrected chi connectivity index (χ4v) is 4.34. The molecular weight excluding hydrogens is 376 g/mol. The van der Waals surface area contributed by atoms with Crippen LogP contribution >= 0.6 is 0 Å². The third-order valence-corrected chi connectivity index (χ3v) is 5.73. The van der Waals surface area contributed by atoms with E-state index in [-0.39, 0.29) is 24.1 Å². The minimum atomic E-state index is -0.280. The number of para-hydroxylation sites is 2. The van der Waals surface area contributed by atoms with Gasteiger partial charge in [0, 0.05) is 31.3 Å². The van der Waals surface area contributed by atoms with Gasteiger partial charge < -0.3 is 20.3 Å². The van der Waals surface area contributed by atoms with E-state index in [4.69, 9.17) is 4.74 Å². The molecule has 6 nitrogen and oxygen atoms in total. The number of ether oxygens (including phenoxy) is 1. The van der Waals surface area contributed by atoms with Crippen LogP contribution in [0.5, 0.6) is 5.75 Å². The van der Waals surface area contributed by atoms with Crippen molar-refractivity contribution in [3.05, 3.63) is 59.7 Å². The van der Waals surface area contributed by atoms with Gasteiger partial charge in [0.15, 0.2) is 5.96 Å². The summed E-state index contributed by atoms with van der Waals surface area (Å²) < 4.78 is 6.11. The first-order chi connectivity index (χ1) is 14.5. The molecule has 4 rings (SSSR count). The van der Waals surface area contributed by atoms with Crippen molar-refractivity contribution in [3.8, 4) is 5.75 Å². The van der Waals surface area contributed by atoms with Gasteiger partial charge in [-0.2, -0.15) is 0 Å². The third-order valence-electron chi connectivity index (χ3n) is 5.73. The maximum Gasteiger partial charge on any atom is 0.246 e. The molecule has 0 saturated carbocycles. The van der Waals surface area contributed by atoms with Crippen LogP contribution in [0.25, 0.3) is 0 Å². The highest BCUT2D eigenvalue weighted by atomic mass is 16.5. The summed E-state index contributed by atoms with van der Waals surface area (Å²) in [5, 5.41) is 6.69. The second-order valence-corrected chi connectivity index (χ2v) is 8.50. The van der Waals surface area contributed by atoms with E-state index in [2.05, 4.69) is 41.6 Å². The lowest BCUT2D eigenvalue weighted by Crippen LogP contribution is -2.48. The van der Waals surface area contributed by atoms with Gasteiger partial charge in [0.25, 0.3) is 0 Å². The zero-order chi connectivity index (χ0) is 21.1. The fraction of sp³-hybridized carbons (Fsp3) is 0.417. The molecule has 0 aliphatic carbocycles. The van der Waals surface area contributed by atoms with Crippen molar-refractivity contribution < 1.29 is 9.53 Å². The Morgan fingerprint density at radius 3 is 2.80 bits per heavy atom. The number of aliphatic imine (C=N–C) groups is 1. The van der Waals surface area contributed by atoms with E-state index in [1.807, 2.05) is 41.3 Å². The molecule has 2 N–H and O–H groups in total. The Kier molecular flexibility index (Phi) is 5.66. The molecule has 2 aliphatic rings. The van der Waals surface area contributed by atoms with Gasteiger partial charge >= 0.3 is 0 Å². The first kappa shape index (κ1) is 20.3. The molecule has 0 saturated heterocycles. The Morgan fingerprint density at radius 2 is 1.97 bits per heavy atom. The molecule has 0 radical (unpaired) electrons. The van der Waals surface area contributed by atoms with E-state index in [1.165, 1.54) is 5.56 Å². The number of aryl methyl sites for hydroxylation is 1. The van der Waals surface area contributed by atoms with Gasteiger partial charge in [-0.05, 0) is 44.4 Å². The Labute approximate surface area is 178 Å². The monoisotopic (exact) mass is 406 g/mol. The first-order valence-electron chi connectivity index (χ1n) is 10.6. The van der Waals surface area contributed by atoms with E-state index in [0.717, 1.165) is 42.8 Å². The normalized spacial score (nSPS) is 19.9. The van der Waals surface area contributed by atoms with Crippen LogP contribution in [0.4, 0.5) is 5.69 Å². The maximum absolute atomic E-state index is 12.9. The average Bonchev–Trinajstić information content (AvgIpc) is 2.75. The molecule has 2 aromatic rings. The minimum Gasteiger partial charge on any atom is -0.487 e. The molecule has 1 unspecified atom stereocenters. The Bertz CT molecular complexity index is 954. The number of carbonyl (C=O) groups is 1. The number of nitrogens with one attached hydrogen (secondary N) is 2. The number of anilines is 1. The lowest BCUT2D eigenvalue weighted by atomic mass is 9.90. The largest absolute Gasteiger partial charge is 0.487 e. The van der Waals surface area contributed by atoms with Crippen molar-refractivity contribution >= 4 is 17.6 Å². The number of benzene rings is 2. The summed E-state index contributed by atoms with van der Waals surface area (Å²) in [6, 6.07) is 16.3. The van der Waals surface area contributed by atoms with Crippen molar-refractivity contribution in [3.63, 3.8) is 0 Å². The number of hydrogen-bond donors (Lipinski definition) is 2. The van der Waals surface area contributed by atoms with Crippen LogP contribution in [0, 0.1) is 0 Å². The predicted octanol–water partition coefficient (Wildman–Crippen LogP) is 3.43. The van der Waals surface area contributed by atoms with Crippen LogP contribution < -0.4 is 20.3 Å². The molecule has 2 heterocycles. The molecule has 0 aromatic heterocycles. The fourth-order valence-electron chi connectivity index (χ4n) is 4.34. The maximum atomic E-state index is 12.9. The van der Waals surface area contributed by atoms with Crippen LogP contribution in [-0.2, 0) is 11.2 Å². The third kappa shape index (κ3) is 4.27. The Morgan fingerprint density at radius 1 is 1.20 bits per heavy atom. The summed E-state index contributed by atoms with van der Waals surface area (Å²) in [7, 11) is 1.73. The molecule has 30 heavy (non-hydrogen) atoms. The van der Waals surface area contributed by atoms with Gasteiger partial charge in [0.05, 0.1) is 12.6 Å². The van der Waals surface area contributed by atoms with Crippen molar-refractivity contribution in [1.82, 2.24) is 10.6 Å². The van der Waals surface area contributed by atoms with Gasteiger partial charge in [0.1, 0.15) is 11.4 Å². The summed E-state index contributed by atoms with van der Waals surface area (Å²) in [4.78, 5) is 19.2. The van der Waals surface area contributed by atoms with E-state index < -0.39 is 0 Å². The van der Waals surface area contributed by atoms with Crippen molar-refractivity contribution in [2.45, 2.75) is 44.8 Å².